The van der Waals surface area contributed by atoms with E-state index >= 15 is 0 Å². The molecule has 0 aliphatic heterocycles. The molecule has 0 bridgehead atoms. The molecule has 0 saturated carbocycles. The van der Waals surface area contributed by atoms with Gasteiger partial charge in [-0.1, -0.05) is 0 Å². The normalized spacial score (nSPS) is 12.9. The molecule has 2 rings (SSSR count). The van der Waals surface area contributed by atoms with Crippen LogP contribution < -0.4 is 5.73 Å². The van der Waals surface area contributed by atoms with Crippen molar-refractivity contribution in [3.05, 3.63) is 30.1 Å². The summed E-state index contributed by atoms with van der Waals surface area (Å²) < 4.78 is 0. The quantitative estimate of drug-likeness (QED) is 0.649. The molecule has 2 heterocycles. The fourth-order valence-electron chi connectivity index (χ4n) is 1.27. The van der Waals surface area contributed by atoms with Gasteiger partial charge in [0.2, 0.25) is 0 Å². The van der Waals surface area contributed by atoms with Crippen LogP contribution >= 0.6 is 0 Å². The van der Waals surface area contributed by atoms with E-state index in [0.29, 0.717) is 5.56 Å². The smallest absolute Gasteiger partial charge is 0.325 e. The lowest BCUT2D eigenvalue weighted by Crippen LogP contribution is -2.20. The van der Waals surface area contributed by atoms with Crippen molar-refractivity contribution in [3.8, 4) is 0 Å². The molecule has 0 radical (unpaired) electrons. The average molecular weight is 191 g/mol. The van der Waals surface area contributed by atoms with Crippen molar-refractivity contribution in [2.45, 2.75) is 6.04 Å². The fourth-order valence-corrected chi connectivity index (χ4v) is 1.27. The van der Waals surface area contributed by atoms with Gasteiger partial charge in [0.05, 0.1) is 0 Å². The Morgan fingerprint density at radius 3 is 3.14 bits per heavy atom. The van der Waals surface area contributed by atoms with E-state index in [-0.39, 0.29) is 0 Å². The lowest BCUT2D eigenvalue weighted by atomic mass is 10.1. The third-order valence-electron chi connectivity index (χ3n) is 2.05. The fraction of sp³-hybridized carbons (Fsp3) is 0.111. The third kappa shape index (κ3) is 1.33. The van der Waals surface area contributed by atoms with E-state index in [0.717, 1.165) is 11.0 Å². The number of H-pyrrole nitrogens is 1. The Morgan fingerprint density at radius 1 is 1.64 bits per heavy atom. The Hall–Kier alpha value is -1.88. The number of aromatic nitrogens is 2. The number of nitrogens with zero attached hydrogens (tertiary/aromatic N) is 1. The molecular weight excluding hydrogens is 182 g/mol. The topological polar surface area (TPSA) is 92.0 Å². The number of carboxylic acid groups (broad SMARTS) is 1. The minimum Gasteiger partial charge on any atom is -0.480 e. The third-order valence-corrected chi connectivity index (χ3v) is 2.05. The molecule has 0 saturated heterocycles. The van der Waals surface area contributed by atoms with E-state index in [4.69, 9.17) is 10.8 Å². The highest BCUT2D eigenvalue weighted by atomic mass is 16.4. The number of carboxylic acids is 1. The van der Waals surface area contributed by atoms with Crippen LogP contribution in [0.25, 0.3) is 11.0 Å². The molecule has 1 atom stereocenters. The SMILES string of the molecule is N[C@@H](C(=O)O)c1cnc2[nH]ccc2c1. The van der Waals surface area contributed by atoms with Gasteiger partial charge in [0.15, 0.2) is 0 Å². The van der Waals surface area contributed by atoms with Crippen molar-refractivity contribution in [3.63, 3.8) is 0 Å². The Kier molecular flexibility index (Phi) is 1.94. The van der Waals surface area contributed by atoms with Gasteiger partial charge < -0.3 is 15.8 Å². The Labute approximate surface area is 79.6 Å². The molecule has 4 N–H and O–H groups in total. The summed E-state index contributed by atoms with van der Waals surface area (Å²) in [5.74, 6) is -1.05. The summed E-state index contributed by atoms with van der Waals surface area (Å²) in [4.78, 5) is 17.6. The van der Waals surface area contributed by atoms with Crippen LogP contribution in [-0.4, -0.2) is 21.0 Å². The van der Waals surface area contributed by atoms with Gasteiger partial charge in [-0.15, -0.1) is 0 Å². The van der Waals surface area contributed by atoms with Gasteiger partial charge in [-0.05, 0) is 17.7 Å². The summed E-state index contributed by atoms with van der Waals surface area (Å²) in [6.45, 7) is 0. The van der Waals surface area contributed by atoms with Crippen molar-refractivity contribution in [1.29, 1.82) is 0 Å². The van der Waals surface area contributed by atoms with Crippen molar-refractivity contribution in [1.82, 2.24) is 9.97 Å². The standard InChI is InChI=1S/C9H9N3O2/c10-7(9(13)14)6-3-5-1-2-11-8(5)12-4-6/h1-4,7H,10H2,(H,11,12)(H,13,14)/t7-/m1/s1. The van der Waals surface area contributed by atoms with Crippen molar-refractivity contribution < 1.29 is 9.90 Å². The number of fused-ring (bicyclic) bond motifs is 1. The molecule has 2 aromatic rings. The van der Waals surface area contributed by atoms with Crippen LogP contribution in [0.5, 0.6) is 0 Å². The van der Waals surface area contributed by atoms with Crippen molar-refractivity contribution >= 4 is 17.0 Å². The van der Waals surface area contributed by atoms with Gasteiger partial charge >= 0.3 is 5.97 Å². The number of pyridine rings is 1. The van der Waals surface area contributed by atoms with Gasteiger partial charge in [0, 0.05) is 17.8 Å². The van der Waals surface area contributed by atoms with Crippen LogP contribution in [0.2, 0.25) is 0 Å². The van der Waals surface area contributed by atoms with Crippen molar-refractivity contribution in [2.24, 2.45) is 5.73 Å². The molecule has 0 aliphatic carbocycles. The van der Waals surface area contributed by atoms with E-state index in [1.807, 2.05) is 6.07 Å². The van der Waals surface area contributed by atoms with E-state index in [9.17, 15) is 4.79 Å². The van der Waals surface area contributed by atoms with E-state index in [1.165, 1.54) is 6.20 Å². The summed E-state index contributed by atoms with van der Waals surface area (Å²) in [7, 11) is 0. The second-order valence-corrected chi connectivity index (χ2v) is 3.00. The molecule has 0 spiro atoms. The summed E-state index contributed by atoms with van der Waals surface area (Å²) in [5, 5.41) is 9.56. The Bertz CT molecular complexity index is 478. The van der Waals surface area contributed by atoms with Gasteiger partial charge in [-0.25, -0.2) is 4.98 Å². The van der Waals surface area contributed by atoms with Crippen LogP contribution in [0.15, 0.2) is 24.5 Å². The number of nitrogens with two attached hydrogens (primary N) is 1. The molecular formula is C9H9N3O2. The predicted octanol–water partition coefficient (Wildman–Crippen LogP) is 0.647. The highest BCUT2D eigenvalue weighted by Crippen LogP contribution is 2.15. The molecule has 0 fully saturated rings. The molecule has 14 heavy (non-hydrogen) atoms. The molecule has 0 aliphatic rings. The Morgan fingerprint density at radius 2 is 2.43 bits per heavy atom. The maximum Gasteiger partial charge on any atom is 0.325 e. The lowest BCUT2D eigenvalue weighted by Gasteiger charge is -2.05. The van der Waals surface area contributed by atoms with Crippen LogP contribution in [-0.2, 0) is 4.79 Å². The monoisotopic (exact) mass is 191 g/mol. The largest absolute Gasteiger partial charge is 0.480 e. The van der Waals surface area contributed by atoms with E-state index in [2.05, 4.69) is 9.97 Å². The number of hydrogen-bond acceptors (Lipinski definition) is 3. The maximum atomic E-state index is 10.6. The highest BCUT2D eigenvalue weighted by molar-refractivity contribution is 5.80. The van der Waals surface area contributed by atoms with Crippen LogP contribution in [0.3, 0.4) is 0 Å². The maximum absolute atomic E-state index is 10.6. The summed E-state index contributed by atoms with van der Waals surface area (Å²) >= 11 is 0. The minimum absolute atomic E-state index is 0.504. The Balaban J connectivity index is 2.48. The van der Waals surface area contributed by atoms with Gasteiger partial charge in [-0.3, -0.25) is 4.79 Å². The van der Waals surface area contributed by atoms with Crippen LogP contribution in [0.1, 0.15) is 11.6 Å². The zero-order chi connectivity index (χ0) is 10.1. The predicted molar refractivity (Wildman–Crippen MR) is 50.7 cm³/mol. The number of aromatic amines is 1. The van der Waals surface area contributed by atoms with Gasteiger partial charge in [0.25, 0.3) is 0 Å². The lowest BCUT2D eigenvalue weighted by molar-refractivity contribution is -0.138. The number of carbonyl (C=O) groups is 1. The van der Waals surface area contributed by atoms with Gasteiger partial charge in [0.1, 0.15) is 11.7 Å². The molecule has 5 nitrogen and oxygen atoms in total. The molecule has 5 heteroatoms. The second kappa shape index (κ2) is 3.12. The molecule has 72 valence electrons. The molecule has 0 unspecified atom stereocenters. The summed E-state index contributed by atoms with van der Waals surface area (Å²) in [6, 6.07) is 2.53. The van der Waals surface area contributed by atoms with E-state index in [1.54, 1.807) is 12.3 Å². The first-order chi connectivity index (χ1) is 6.68. The number of aliphatic carboxylic acids is 1. The van der Waals surface area contributed by atoms with Gasteiger partial charge in [-0.2, -0.15) is 0 Å². The second-order valence-electron chi connectivity index (χ2n) is 3.00. The minimum atomic E-state index is -1.05. The summed E-state index contributed by atoms with van der Waals surface area (Å²) in [6.07, 6.45) is 3.21. The first-order valence-electron chi connectivity index (χ1n) is 4.10. The average Bonchev–Trinajstić information content (AvgIpc) is 2.62. The number of hydrogen-bond donors (Lipinski definition) is 3. The molecule has 0 amide bonds. The molecule has 0 aromatic carbocycles. The zero-order valence-corrected chi connectivity index (χ0v) is 7.27. The summed E-state index contributed by atoms with van der Waals surface area (Å²) in [5.41, 5.74) is 6.68. The molecule has 2 aromatic heterocycles. The zero-order valence-electron chi connectivity index (χ0n) is 7.27. The first kappa shape index (κ1) is 8.71. The number of nitrogens with one attached hydrogen (secondary N) is 1. The number of rotatable bonds is 2. The van der Waals surface area contributed by atoms with E-state index < -0.39 is 12.0 Å². The van der Waals surface area contributed by atoms with Crippen molar-refractivity contribution in [2.75, 3.05) is 0 Å². The van der Waals surface area contributed by atoms with Crippen LogP contribution in [0.4, 0.5) is 0 Å². The van der Waals surface area contributed by atoms with Crippen LogP contribution in [0, 0.1) is 0 Å². The highest BCUT2D eigenvalue weighted by Gasteiger charge is 2.14. The first-order valence-corrected chi connectivity index (χ1v) is 4.10.